The van der Waals surface area contributed by atoms with Crippen molar-refractivity contribution in [2.24, 2.45) is 0 Å². The van der Waals surface area contributed by atoms with Crippen molar-refractivity contribution in [3.63, 3.8) is 0 Å². The second-order valence-electron chi connectivity index (χ2n) is 6.89. The van der Waals surface area contributed by atoms with Gasteiger partial charge in [-0.3, -0.25) is 14.2 Å². The lowest BCUT2D eigenvalue weighted by Gasteiger charge is -2.03. The molecule has 0 fully saturated rings. The highest BCUT2D eigenvalue weighted by Gasteiger charge is 2.15. The maximum atomic E-state index is 12.5. The van der Waals surface area contributed by atoms with E-state index in [1.165, 1.54) is 0 Å². The van der Waals surface area contributed by atoms with Crippen LogP contribution < -0.4 is 5.32 Å². The van der Waals surface area contributed by atoms with Crippen molar-refractivity contribution in [3.8, 4) is 0 Å². The molecule has 4 rings (SSSR count). The van der Waals surface area contributed by atoms with Crippen molar-refractivity contribution in [1.29, 1.82) is 0 Å². The van der Waals surface area contributed by atoms with E-state index < -0.39 is 0 Å². The number of aryl methyl sites for hydroxylation is 1. The zero-order valence-electron chi connectivity index (χ0n) is 16.4. The fourth-order valence-corrected chi connectivity index (χ4v) is 3.43. The van der Waals surface area contributed by atoms with Crippen LogP contribution in [0.25, 0.3) is 0 Å². The van der Waals surface area contributed by atoms with Gasteiger partial charge in [-0.25, -0.2) is 0 Å². The van der Waals surface area contributed by atoms with Crippen LogP contribution in [0.3, 0.4) is 0 Å². The van der Waals surface area contributed by atoms with Crippen LogP contribution in [-0.4, -0.2) is 25.5 Å². The Morgan fingerprint density at radius 3 is 2.67 bits per heavy atom. The molecule has 1 amide bonds. The first kappa shape index (κ1) is 20.3. The van der Waals surface area contributed by atoms with Gasteiger partial charge in [-0.05, 0) is 43.7 Å². The number of nitrogens with one attached hydrogen (secondary N) is 1. The number of anilines is 1. The van der Waals surface area contributed by atoms with Gasteiger partial charge in [0.1, 0.15) is 5.76 Å². The SMILES string of the molecule is Cc1nn(Cc2ccc(C(=O)Nc3ccn(Cc4cccc(Cl)c4)n3)o2)c(C)c1Cl. The Labute approximate surface area is 183 Å². The second kappa shape index (κ2) is 8.38. The Balaban J connectivity index is 1.40. The molecule has 0 radical (unpaired) electrons. The van der Waals surface area contributed by atoms with Crippen molar-refractivity contribution in [1.82, 2.24) is 19.6 Å². The predicted octanol–water partition coefficient (Wildman–Crippen LogP) is 4.95. The highest BCUT2D eigenvalue weighted by atomic mass is 35.5. The third kappa shape index (κ3) is 4.42. The third-order valence-electron chi connectivity index (χ3n) is 4.60. The minimum Gasteiger partial charge on any atom is -0.454 e. The molecule has 7 nitrogen and oxygen atoms in total. The minimum absolute atomic E-state index is 0.196. The summed E-state index contributed by atoms with van der Waals surface area (Å²) in [5.74, 6) is 0.863. The van der Waals surface area contributed by atoms with E-state index in [9.17, 15) is 4.79 Å². The molecule has 3 aromatic heterocycles. The standard InChI is InChI=1S/C21H19Cl2N5O2/c1-13-20(23)14(2)28(25-13)12-17-6-7-18(30-17)21(29)24-19-8-9-27(26-19)11-15-4-3-5-16(22)10-15/h3-10H,11-12H2,1-2H3,(H,24,26,29). The number of benzene rings is 1. The molecule has 30 heavy (non-hydrogen) atoms. The summed E-state index contributed by atoms with van der Waals surface area (Å²) in [5, 5.41) is 12.8. The summed E-state index contributed by atoms with van der Waals surface area (Å²) in [6, 6.07) is 12.6. The first-order valence-corrected chi connectivity index (χ1v) is 10.0. The molecule has 0 aliphatic rings. The van der Waals surface area contributed by atoms with Crippen molar-refractivity contribution in [2.75, 3.05) is 5.32 Å². The second-order valence-corrected chi connectivity index (χ2v) is 7.71. The first-order valence-electron chi connectivity index (χ1n) is 9.26. The molecule has 0 saturated heterocycles. The van der Waals surface area contributed by atoms with E-state index in [-0.39, 0.29) is 11.7 Å². The maximum Gasteiger partial charge on any atom is 0.292 e. The molecule has 0 aliphatic heterocycles. The zero-order chi connectivity index (χ0) is 21.3. The van der Waals surface area contributed by atoms with Gasteiger partial charge in [-0.2, -0.15) is 10.2 Å². The van der Waals surface area contributed by atoms with Gasteiger partial charge in [-0.15, -0.1) is 0 Å². The van der Waals surface area contributed by atoms with E-state index >= 15 is 0 Å². The Morgan fingerprint density at radius 2 is 1.93 bits per heavy atom. The lowest BCUT2D eigenvalue weighted by atomic mass is 10.2. The molecule has 0 spiro atoms. The predicted molar refractivity (Wildman–Crippen MR) is 115 cm³/mol. The van der Waals surface area contributed by atoms with Crippen LogP contribution in [0.2, 0.25) is 10.0 Å². The largest absolute Gasteiger partial charge is 0.454 e. The highest BCUT2D eigenvalue weighted by molar-refractivity contribution is 6.31. The fourth-order valence-electron chi connectivity index (χ4n) is 3.08. The molecule has 154 valence electrons. The average molecular weight is 444 g/mol. The highest BCUT2D eigenvalue weighted by Crippen LogP contribution is 2.21. The number of carbonyl (C=O) groups excluding carboxylic acids is 1. The molecule has 0 unspecified atom stereocenters. The van der Waals surface area contributed by atoms with Gasteiger partial charge in [0.25, 0.3) is 5.91 Å². The first-order chi connectivity index (χ1) is 14.4. The Hall–Kier alpha value is -3.03. The number of carbonyl (C=O) groups is 1. The number of rotatable bonds is 6. The Bertz CT molecular complexity index is 1210. The summed E-state index contributed by atoms with van der Waals surface area (Å²) in [6.07, 6.45) is 1.79. The van der Waals surface area contributed by atoms with E-state index in [0.29, 0.717) is 34.7 Å². The van der Waals surface area contributed by atoms with Gasteiger partial charge in [0.2, 0.25) is 0 Å². The van der Waals surface area contributed by atoms with Crippen LogP contribution in [0.4, 0.5) is 5.82 Å². The quantitative estimate of drug-likeness (QED) is 0.457. The van der Waals surface area contributed by atoms with Gasteiger partial charge in [0.05, 0.1) is 29.5 Å². The Kier molecular flexibility index (Phi) is 5.65. The third-order valence-corrected chi connectivity index (χ3v) is 5.38. The van der Waals surface area contributed by atoms with Crippen molar-refractivity contribution in [3.05, 3.63) is 87.2 Å². The smallest absolute Gasteiger partial charge is 0.292 e. The molecule has 0 saturated carbocycles. The molecule has 0 atom stereocenters. The number of hydrogen-bond acceptors (Lipinski definition) is 4. The number of aromatic nitrogens is 4. The maximum absolute atomic E-state index is 12.5. The number of furan rings is 1. The van der Waals surface area contributed by atoms with Crippen LogP contribution in [-0.2, 0) is 13.1 Å². The number of amides is 1. The number of halogens is 2. The molecule has 1 aromatic carbocycles. The lowest BCUT2D eigenvalue weighted by Crippen LogP contribution is -2.12. The van der Waals surface area contributed by atoms with E-state index in [1.807, 2.05) is 38.1 Å². The van der Waals surface area contributed by atoms with Gasteiger partial charge in [0.15, 0.2) is 11.6 Å². The topological polar surface area (TPSA) is 77.9 Å². The molecule has 0 aliphatic carbocycles. The van der Waals surface area contributed by atoms with Crippen molar-refractivity contribution in [2.45, 2.75) is 26.9 Å². The molecule has 3 heterocycles. The van der Waals surface area contributed by atoms with Crippen LogP contribution in [0.5, 0.6) is 0 Å². The van der Waals surface area contributed by atoms with Crippen LogP contribution in [0.15, 0.2) is 53.1 Å². The van der Waals surface area contributed by atoms with E-state index in [4.69, 9.17) is 27.6 Å². The zero-order valence-corrected chi connectivity index (χ0v) is 17.9. The summed E-state index contributed by atoms with van der Waals surface area (Å²) in [7, 11) is 0. The van der Waals surface area contributed by atoms with Gasteiger partial charge in [-0.1, -0.05) is 35.3 Å². The average Bonchev–Trinajstić information content (AvgIpc) is 3.40. The normalized spacial score (nSPS) is 11.1. The van der Waals surface area contributed by atoms with Crippen molar-refractivity contribution >= 4 is 34.9 Å². The van der Waals surface area contributed by atoms with E-state index in [0.717, 1.165) is 17.0 Å². The summed E-state index contributed by atoms with van der Waals surface area (Å²) >= 11 is 12.2. The van der Waals surface area contributed by atoms with Crippen LogP contribution >= 0.6 is 23.2 Å². The number of hydrogen-bond donors (Lipinski definition) is 1. The summed E-state index contributed by atoms with van der Waals surface area (Å²) in [4.78, 5) is 12.5. The van der Waals surface area contributed by atoms with Crippen LogP contribution in [0.1, 0.15) is 33.3 Å². The summed E-state index contributed by atoms with van der Waals surface area (Å²) in [5.41, 5.74) is 2.62. The monoisotopic (exact) mass is 443 g/mol. The fraction of sp³-hybridized carbons (Fsp3) is 0.190. The van der Waals surface area contributed by atoms with Crippen LogP contribution in [0, 0.1) is 13.8 Å². The van der Waals surface area contributed by atoms with Gasteiger partial charge in [0, 0.05) is 17.3 Å². The van der Waals surface area contributed by atoms with Gasteiger partial charge < -0.3 is 9.73 Å². The molecular weight excluding hydrogens is 425 g/mol. The molecule has 9 heteroatoms. The molecule has 0 bridgehead atoms. The molecular formula is C21H19Cl2N5O2. The number of nitrogens with zero attached hydrogens (tertiary/aromatic N) is 4. The molecule has 4 aromatic rings. The summed E-state index contributed by atoms with van der Waals surface area (Å²) in [6.45, 7) is 4.67. The lowest BCUT2D eigenvalue weighted by molar-refractivity contribution is 0.0994. The minimum atomic E-state index is -0.374. The molecule has 1 N–H and O–H groups in total. The Morgan fingerprint density at radius 1 is 1.10 bits per heavy atom. The van der Waals surface area contributed by atoms with Gasteiger partial charge >= 0.3 is 0 Å². The van der Waals surface area contributed by atoms with E-state index in [1.54, 1.807) is 33.8 Å². The summed E-state index contributed by atoms with van der Waals surface area (Å²) < 4.78 is 9.15. The van der Waals surface area contributed by atoms with Crippen molar-refractivity contribution < 1.29 is 9.21 Å². The van der Waals surface area contributed by atoms with E-state index in [2.05, 4.69) is 15.5 Å².